The second kappa shape index (κ2) is 4.11. The maximum Gasteiger partial charge on any atom is 0.339 e. The van der Waals surface area contributed by atoms with Crippen molar-refractivity contribution in [2.75, 3.05) is 7.11 Å². The predicted octanol–water partition coefficient (Wildman–Crippen LogP) is 1.81. The van der Waals surface area contributed by atoms with E-state index < -0.39 is 5.97 Å². The zero-order valence-corrected chi connectivity index (χ0v) is 8.83. The molecule has 0 saturated heterocycles. The van der Waals surface area contributed by atoms with E-state index in [9.17, 15) is 9.90 Å². The molecule has 0 amide bonds. The maximum absolute atomic E-state index is 11.2. The minimum absolute atomic E-state index is 0.129. The predicted molar refractivity (Wildman–Crippen MR) is 51.9 cm³/mol. The molecule has 5 heteroatoms. The Labute approximate surface area is 88.9 Å². The van der Waals surface area contributed by atoms with Crippen molar-refractivity contribution in [1.82, 2.24) is 0 Å². The van der Waals surface area contributed by atoms with Gasteiger partial charge >= 0.3 is 5.97 Å². The molecule has 4 nitrogen and oxygen atoms in total. The molecule has 0 aliphatic rings. The summed E-state index contributed by atoms with van der Waals surface area (Å²) in [7, 11) is 1.23. The maximum atomic E-state index is 11.2. The van der Waals surface area contributed by atoms with E-state index in [4.69, 9.17) is 5.26 Å². The summed E-state index contributed by atoms with van der Waals surface area (Å²) in [6.45, 7) is 0. The summed E-state index contributed by atoms with van der Waals surface area (Å²) in [4.78, 5) is 11.2. The second-order valence-corrected chi connectivity index (χ2v) is 3.25. The molecule has 0 aliphatic heterocycles. The molecule has 1 rings (SSSR count). The molecule has 1 aromatic rings. The Balaban J connectivity index is 3.36. The highest BCUT2D eigenvalue weighted by Gasteiger charge is 2.14. The Bertz CT molecular complexity index is 423. The minimum Gasteiger partial charge on any atom is -0.507 e. The molecule has 0 aliphatic carbocycles. The van der Waals surface area contributed by atoms with E-state index in [1.165, 1.54) is 19.2 Å². The Morgan fingerprint density at radius 3 is 2.79 bits per heavy atom. The van der Waals surface area contributed by atoms with Crippen LogP contribution in [-0.4, -0.2) is 18.2 Å². The van der Waals surface area contributed by atoms with Crippen LogP contribution in [0.25, 0.3) is 0 Å². The molecule has 14 heavy (non-hydrogen) atoms. The lowest BCUT2D eigenvalue weighted by atomic mass is 10.1. The molecule has 0 aromatic heterocycles. The highest BCUT2D eigenvalue weighted by molar-refractivity contribution is 9.10. The number of halogens is 1. The topological polar surface area (TPSA) is 70.3 Å². The normalized spacial score (nSPS) is 9.21. The average molecular weight is 256 g/mol. The molecule has 0 spiro atoms. The Hall–Kier alpha value is -1.54. The van der Waals surface area contributed by atoms with Crippen molar-refractivity contribution in [3.8, 4) is 11.8 Å². The number of hydrogen-bond acceptors (Lipinski definition) is 4. The zero-order chi connectivity index (χ0) is 10.7. The first-order valence-electron chi connectivity index (χ1n) is 3.61. The van der Waals surface area contributed by atoms with Crippen LogP contribution < -0.4 is 0 Å². The molecule has 1 aromatic carbocycles. The molecule has 1 N–H and O–H groups in total. The lowest BCUT2D eigenvalue weighted by molar-refractivity contribution is 0.0599. The van der Waals surface area contributed by atoms with Gasteiger partial charge in [0.2, 0.25) is 0 Å². The Morgan fingerprint density at radius 2 is 2.29 bits per heavy atom. The van der Waals surface area contributed by atoms with Crippen molar-refractivity contribution in [1.29, 1.82) is 5.26 Å². The molecule has 0 radical (unpaired) electrons. The van der Waals surface area contributed by atoms with Gasteiger partial charge in [-0.15, -0.1) is 0 Å². The lowest BCUT2D eigenvalue weighted by Crippen LogP contribution is -2.02. The quantitative estimate of drug-likeness (QED) is 0.778. The van der Waals surface area contributed by atoms with Gasteiger partial charge in [-0.05, 0) is 28.1 Å². The van der Waals surface area contributed by atoms with Gasteiger partial charge in [0.1, 0.15) is 5.75 Å². The molecule has 0 saturated carbocycles. The molecule has 0 unspecified atom stereocenters. The summed E-state index contributed by atoms with van der Waals surface area (Å²) in [5, 5.41) is 18.0. The van der Waals surface area contributed by atoms with E-state index in [1.807, 2.05) is 6.07 Å². The molecule has 0 bridgehead atoms. The van der Waals surface area contributed by atoms with E-state index >= 15 is 0 Å². The summed E-state index contributed by atoms with van der Waals surface area (Å²) in [5.74, 6) is -0.770. The number of nitrogens with zero attached hydrogens (tertiary/aromatic N) is 1. The van der Waals surface area contributed by atoms with Gasteiger partial charge in [0, 0.05) is 0 Å². The van der Waals surface area contributed by atoms with Gasteiger partial charge < -0.3 is 9.84 Å². The van der Waals surface area contributed by atoms with Gasteiger partial charge in [-0.1, -0.05) is 0 Å². The standard InChI is InChI=1S/C9H6BrNO3/c1-14-9(13)6-2-5(4-11)3-7(12)8(6)10/h2-3,12H,1H3. The molecule has 0 atom stereocenters. The first-order valence-corrected chi connectivity index (χ1v) is 4.40. The molecular weight excluding hydrogens is 250 g/mol. The van der Waals surface area contributed by atoms with Crippen molar-refractivity contribution in [3.63, 3.8) is 0 Å². The summed E-state index contributed by atoms with van der Waals surface area (Å²) >= 11 is 3.02. The van der Waals surface area contributed by atoms with Crippen LogP contribution in [0.2, 0.25) is 0 Å². The number of methoxy groups -OCH3 is 1. The van der Waals surface area contributed by atoms with Crippen LogP contribution in [0.15, 0.2) is 16.6 Å². The Kier molecular flexibility index (Phi) is 3.10. The first kappa shape index (κ1) is 10.5. The Morgan fingerprint density at radius 1 is 1.64 bits per heavy atom. The number of nitriles is 1. The third-order valence-electron chi connectivity index (χ3n) is 1.59. The number of rotatable bonds is 1. The summed E-state index contributed by atoms with van der Waals surface area (Å²) < 4.78 is 4.71. The van der Waals surface area contributed by atoms with Gasteiger partial charge in [-0.25, -0.2) is 4.79 Å². The number of benzene rings is 1. The number of phenols is 1. The fraction of sp³-hybridized carbons (Fsp3) is 0.111. The van der Waals surface area contributed by atoms with Gasteiger partial charge in [0.05, 0.1) is 28.8 Å². The fourth-order valence-corrected chi connectivity index (χ4v) is 1.32. The third kappa shape index (κ3) is 1.86. The molecule has 0 heterocycles. The highest BCUT2D eigenvalue weighted by Crippen LogP contribution is 2.29. The number of esters is 1. The number of hydrogen-bond donors (Lipinski definition) is 1. The van der Waals surface area contributed by atoms with Crippen LogP contribution >= 0.6 is 15.9 Å². The van der Waals surface area contributed by atoms with Gasteiger partial charge in [-0.2, -0.15) is 5.26 Å². The highest BCUT2D eigenvalue weighted by atomic mass is 79.9. The van der Waals surface area contributed by atoms with Crippen molar-refractivity contribution in [3.05, 3.63) is 27.7 Å². The fourth-order valence-electron chi connectivity index (χ4n) is 0.932. The number of carbonyl (C=O) groups excluding carboxylic acids is 1. The molecular formula is C9H6BrNO3. The van der Waals surface area contributed by atoms with Crippen LogP contribution in [-0.2, 0) is 4.74 Å². The summed E-state index contributed by atoms with van der Waals surface area (Å²) in [5.41, 5.74) is 0.329. The lowest BCUT2D eigenvalue weighted by Gasteiger charge is -2.04. The average Bonchev–Trinajstić information content (AvgIpc) is 2.20. The van der Waals surface area contributed by atoms with E-state index in [0.29, 0.717) is 0 Å². The zero-order valence-electron chi connectivity index (χ0n) is 7.24. The largest absolute Gasteiger partial charge is 0.507 e. The first-order chi connectivity index (χ1) is 6.60. The molecule has 72 valence electrons. The van der Waals surface area contributed by atoms with Crippen LogP contribution in [0.3, 0.4) is 0 Å². The van der Waals surface area contributed by atoms with Crippen molar-refractivity contribution in [2.24, 2.45) is 0 Å². The molecule has 0 fully saturated rings. The van der Waals surface area contributed by atoms with Crippen LogP contribution in [0.4, 0.5) is 0 Å². The second-order valence-electron chi connectivity index (χ2n) is 2.46. The van der Waals surface area contributed by atoms with Crippen LogP contribution in [0, 0.1) is 11.3 Å². The smallest absolute Gasteiger partial charge is 0.339 e. The monoisotopic (exact) mass is 255 g/mol. The number of phenolic OH excluding ortho intramolecular Hbond substituents is 1. The van der Waals surface area contributed by atoms with E-state index in [0.717, 1.165) is 0 Å². The van der Waals surface area contributed by atoms with Gasteiger partial charge in [-0.3, -0.25) is 0 Å². The third-order valence-corrected chi connectivity index (χ3v) is 2.42. The summed E-state index contributed by atoms with van der Waals surface area (Å²) in [6, 6.07) is 4.43. The van der Waals surface area contributed by atoms with Gasteiger partial charge in [0.25, 0.3) is 0 Å². The minimum atomic E-state index is -0.607. The van der Waals surface area contributed by atoms with Gasteiger partial charge in [0.15, 0.2) is 0 Å². The number of carbonyl (C=O) groups is 1. The van der Waals surface area contributed by atoms with E-state index in [1.54, 1.807) is 0 Å². The van der Waals surface area contributed by atoms with Crippen LogP contribution in [0.5, 0.6) is 5.75 Å². The number of aromatic hydroxyl groups is 1. The van der Waals surface area contributed by atoms with E-state index in [-0.39, 0.29) is 21.3 Å². The summed E-state index contributed by atoms with van der Waals surface area (Å²) in [6.07, 6.45) is 0. The van der Waals surface area contributed by atoms with Crippen molar-refractivity contribution < 1.29 is 14.6 Å². The van der Waals surface area contributed by atoms with E-state index in [2.05, 4.69) is 20.7 Å². The van der Waals surface area contributed by atoms with Crippen LogP contribution in [0.1, 0.15) is 15.9 Å². The van der Waals surface area contributed by atoms with Crippen molar-refractivity contribution >= 4 is 21.9 Å². The number of ether oxygens (including phenoxy) is 1. The van der Waals surface area contributed by atoms with Crippen molar-refractivity contribution in [2.45, 2.75) is 0 Å². The SMILES string of the molecule is COC(=O)c1cc(C#N)cc(O)c1Br.